The van der Waals surface area contributed by atoms with E-state index in [9.17, 15) is 9.59 Å². The molecule has 0 saturated carbocycles. The summed E-state index contributed by atoms with van der Waals surface area (Å²) in [5.74, 6) is 0.0446. The van der Waals surface area contributed by atoms with Crippen LogP contribution in [0.1, 0.15) is 19.8 Å². The van der Waals surface area contributed by atoms with Crippen LogP contribution in [-0.4, -0.2) is 50.1 Å². The topological polar surface area (TPSA) is 58.6 Å². The second-order valence-electron chi connectivity index (χ2n) is 4.29. The minimum absolute atomic E-state index is 0.0386. The van der Waals surface area contributed by atoms with E-state index in [2.05, 4.69) is 5.32 Å². The quantitative estimate of drug-likeness (QED) is 0.737. The molecule has 16 heavy (non-hydrogen) atoms. The predicted molar refractivity (Wildman–Crippen MR) is 59.8 cm³/mol. The SMILES string of the molecule is COCC(C)N(C)C(=O)C1CCC(=O)NC1. The number of carbonyl (C=O) groups is 2. The Hall–Kier alpha value is -1.10. The first-order chi connectivity index (χ1) is 7.56. The van der Waals surface area contributed by atoms with Gasteiger partial charge in [-0.15, -0.1) is 0 Å². The Bertz CT molecular complexity index is 258. The summed E-state index contributed by atoms with van der Waals surface area (Å²) in [7, 11) is 3.40. The molecule has 1 fully saturated rings. The summed E-state index contributed by atoms with van der Waals surface area (Å²) in [5, 5.41) is 2.72. The van der Waals surface area contributed by atoms with Crippen LogP contribution in [0.15, 0.2) is 0 Å². The van der Waals surface area contributed by atoms with E-state index in [4.69, 9.17) is 4.74 Å². The molecule has 1 N–H and O–H groups in total. The molecule has 2 unspecified atom stereocenters. The van der Waals surface area contributed by atoms with Crippen molar-refractivity contribution in [1.29, 1.82) is 0 Å². The average Bonchev–Trinajstić information content (AvgIpc) is 2.28. The van der Waals surface area contributed by atoms with Crippen LogP contribution in [0.2, 0.25) is 0 Å². The fraction of sp³-hybridized carbons (Fsp3) is 0.818. The third-order valence-electron chi connectivity index (χ3n) is 3.03. The largest absolute Gasteiger partial charge is 0.383 e. The summed E-state index contributed by atoms with van der Waals surface area (Å²) in [6.45, 7) is 2.94. The number of methoxy groups -OCH3 is 1. The van der Waals surface area contributed by atoms with Crippen LogP contribution in [0.3, 0.4) is 0 Å². The van der Waals surface area contributed by atoms with Crippen LogP contribution in [0, 0.1) is 5.92 Å². The minimum atomic E-state index is -0.0815. The Balaban J connectivity index is 2.47. The van der Waals surface area contributed by atoms with Gasteiger partial charge in [0.05, 0.1) is 18.6 Å². The first kappa shape index (κ1) is 13.0. The standard InChI is InChI=1S/C11H20N2O3/c1-8(7-16-3)13(2)11(15)9-4-5-10(14)12-6-9/h8-9H,4-7H2,1-3H3,(H,12,14). The summed E-state index contributed by atoms with van der Waals surface area (Å²) >= 11 is 0. The van der Waals surface area contributed by atoms with Gasteiger partial charge in [-0.2, -0.15) is 0 Å². The molecule has 92 valence electrons. The Kier molecular flexibility index (Phi) is 4.73. The van der Waals surface area contributed by atoms with Crippen LogP contribution in [0.4, 0.5) is 0 Å². The second-order valence-corrected chi connectivity index (χ2v) is 4.29. The first-order valence-corrected chi connectivity index (χ1v) is 5.58. The maximum Gasteiger partial charge on any atom is 0.227 e. The average molecular weight is 228 g/mol. The number of piperidine rings is 1. The molecule has 0 aliphatic carbocycles. The van der Waals surface area contributed by atoms with Gasteiger partial charge in [-0.1, -0.05) is 0 Å². The summed E-state index contributed by atoms with van der Waals surface area (Å²) in [4.78, 5) is 24.7. The summed E-state index contributed by atoms with van der Waals surface area (Å²) in [5.41, 5.74) is 0. The lowest BCUT2D eigenvalue weighted by Gasteiger charge is -2.30. The van der Waals surface area contributed by atoms with Crippen molar-refractivity contribution in [2.75, 3.05) is 27.3 Å². The number of rotatable bonds is 4. The fourth-order valence-electron chi connectivity index (χ4n) is 1.80. The van der Waals surface area contributed by atoms with Crippen molar-refractivity contribution in [3.63, 3.8) is 0 Å². The van der Waals surface area contributed by atoms with E-state index in [1.165, 1.54) is 0 Å². The van der Waals surface area contributed by atoms with E-state index in [0.29, 0.717) is 26.0 Å². The van der Waals surface area contributed by atoms with Crippen molar-refractivity contribution in [3.8, 4) is 0 Å². The lowest BCUT2D eigenvalue weighted by atomic mass is 9.97. The smallest absolute Gasteiger partial charge is 0.227 e. The van der Waals surface area contributed by atoms with Crippen LogP contribution in [-0.2, 0) is 14.3 Å². The number of amides is 2. The predicted octanol–water partition coefficient (Wildman–Crippen LogP) is 0.00590. The molecule has 0 spiro atoms. The van der Waals surface area contributed by atoms with Crippen molar-refractivity contribution in [2.45, 2.75) is 25.8 Å². The molecule has 0 aromatic carbocycles. The molecule has 5 nitrogen and oxygen atoms in total. The van der Waals surface area contributed by atoms with Crippen LogP contribution in [0.25, 0.3) is 0 Å². The molecule has 2 atom stereocenters. The zero-order valence-electron chi connectivity index (χ0n) is 10.2. The van der Waals surface area contributed by atoms with Crippen molar-refractivity contribution in [3.05, 3.63) is 0 Å². The van der Waals surface area contributed by atoms with Crippen molar-refractivity contribution in [1.82, 2.24) is 10.2 Å². The number of likely N-dealkylation sites (N-methyl/N-ethyl adjacent to an activating group) is 1. The van der Waals surface area contributed by atoms with Gasteiger partial charge in [-0.05, 0) is 13.3 Å². The third kappa shape index (κ3) is 3.20. The highest BCUT2D eigenvalue weighted by Crippen LogP contribution is 2.14. The number of nitrogens with zero attached hydrogens (tertiary/aromatic N) is 1. The summed E-state index contributed by atoms with van der Waals surface area (Å²) < 4.78 is 5.02. The van der Waals surface area contributed by atoms with Crippen molar-refractivity contribution >= 4 is 11.8 Å². The number of hydrogen-bond donors (Lipinski definition) is 1. The molecule has 5 heteroatoms. The molecule has 0 radical (unpaired) electrons. The Morgan fingerprint density at radius 1 is 1.69 bits per heavy atom. The number of carbonyl (C=O) groups excluding carboxylic acids is 2. The van der Waals surface area contributed by atoms with E-state index in [-0.39, 0.29) is 23.8 Å². The lowest BCUT2D eigenvalue weighted by Crippen LogP contribution is -2.47. The molecule has 0 bridgehead atoms. The molecular weight excluding hydrogens is 208 g/mol. The first-order valence-electron chi connectivity index (χ1n) is 5.58. The minimum Gasteiger partial charge on any atom is -0.383 e. The van der Waals surface area contributed by atoms with Crippen molar-refractivity contribution < 1.29 is 14.3 Å². The van der Waals surface area contributed by atoms with Crippen LogP contribution < -0.4 is 5.32 Å². The van der Waals surface area contributed by atoms with Crippen LogP contribution in [0.5, 0.6) is 0 Å². The highest BCUT2D eigenvalue weighted by atomic mass is 16.5. The Morgan fingerprint density at radius 2 is 2.38 bits per heavy atom. The summed E-state index contributed by atoms with van der Waals surface area (Å²) in [6.07, 6.45) is 1.09. The van der Waals surface area contributed by atoms with Crippen molar-refractivity contribution in [2.24, 2.45) is 5.92 Å². The van der Waals surface area contributed by atoms with Gasteiger partial charge in [-0.25, -0.2) is 0 Å². The summed E-state index contributed by atoms with van der Waals surface area (Å²) in [6, 6.07) is 0.0649. The fourth-order valence-corrected chi connectivity index (χ4v) is 1.80. The van der Waals surface area contributed by atoms with E-state index in [0.717, 1.165) is 0 Å². The van der Waals surface area contributed by atoms with E-state index in [1.54, 1.807) is 19.1 Å². The number of nitrogens with one attached hydrogen (secondary N) is 1. The van der Waals surface area contributed by atoms with Gasteiger partial charge in [0, 0.05) is 27.1 Å². The van der Waals surface area contributed by atoms with Gasteiger partial charge in [0.15, 0.2) is 0 Å². The molecule has 1 heterocycles. The highest BCUT2D eigenvalue weighted by molar-refractivity contribution is 5.83. The zero-order valence-corrected chi connectivity index (χ0v) is 10.2. The lowest BCUT2D eigenvalue weighted by molar-refractivity contribution is -0.138. The molecule has 1 aliphatic heterocycles. The van der Waals surface area contributed by atoms with E-state index in [1.807, 2.05) is 6.92 Å². The van der Waals surface area contributed by atoms with Gasteiger partial charge in [0.2, 0.25) is 11.8 Å². The Morgan fingerprint density at radius 3 is 2.88 bits per heavy atom. The van der Waals surface area contributed by atoms with E-state index >= 15 is 0 Å². The van der Waals surface area contributed by atoms with Crippen LogP contribution >= 0.6 is 0 Å². The number of hydrogen-bond acceptors (Lipinski definition) is 3. The molecule has 1 saturated heterocycles. The zero-order chi connectivity index (χ0) is 12.1. The molecule has 2 amide bonds. The molecular formula is C11H20N2O3. The molecule has 0 aromatic rings. The normalized spacial score (nSPS) is 22.4. The van der Waals surface area contributed by atoms with Gasteiger partial charge >= 0.3 is 0 Å². The highest BCUT2D eigenvalue weighted by Gasteiger charge is 2.28. The molecule has 1 rings (SSSR count). The van der Waals surface area contributed by atoms with E-state index < -0.39 is 0 Å². The van der Waals surface area contributed by atoms with Gasteiger partial charge in [0.1, 0.15) is 0 Å². The molecule has 1 aliphatic rings. The molecule has 0 aromatic heterocycles. The van der Waals surface area contributed by atoms with Gasteiger partial charge in [-0.3, -0.25) is 9.59 Å². The van der Waals surface area contributed by atoms with Gasteiger partial charge in [0.25, 0.3) is 0 Å². The third-order valence-corrected chi connectivity index (χ3v) is 3.03. The monoisotopic (exact) mass is 228 g/mol. The number of ether oxygens (including phenoxy) is 1. The maximum atomic E-state index is 12.0. The Labute approximate surface area is 96.1 Å². The maximum absolute atomic E-state index is 12.0. The van der Waals surface area contributed by atoms with Gasteiger partial charge < -0.3 is 15.0 Å². The second kappa shape index (κ2) is 5.84.